The fraction of sp³-hybridized carbons (Fsp3) is 0.125. The lowest BCUT2D eigenvalue weighted by Crippen LogP contribution is -2.38. The number of carbonyl (C=O) groups excluding carboxylic acids is 1. The first-order chi connectivity index (χ1) is 14.2. The molecule has 0 N–H and O–H groups in total. The Labute approximate surface area is 174 Å². The molecule has 3 aromatic rings. The summed E-state index contributed by atoms with van der Waals surface area (Å²) < 4.78 is 0. The standard InChI is InChI=1S/C24H19N3OS/c1-16-11-13-17(14-12-16)15-29-24-25-20-10-6-5-9-19(20)22-26-23(28)21(27(22)24)18-7-3-2-4-8-18/h2-14,21H,15H2,1H3. The fourth-order valence-electron chi connectivity index (χ4n) is 3.62. The molecular weight excluding hydrogens is 378 g/mol. The molecule has 0 fully saturated rings. The highest BCUT2D eigenvalue weighted by Gasteiger charge is 2.42. The first kappa shape index (κ1) is 17.9. The molecule has 0 spiro atoms. The van der Waals surface area contributed by atoms with Crippen molar-refractivity contribution in [1.29, 1.82) is 0 Å². The highest BCUT2D eigenvalue weighted by Crippen LogP contribution is 2.39. The number of amidine groups is 2. The summed E-state index contributed by atoms with van der Waals surface area (Å²) >= 11 is 1.64. The number of thioether (sulfide) groups is 1. The predicted molar refractivity (Wildman–Crippen MR) is 119 cm³/mol. The topological polar surface area (TPSA) is 45.0 Å². The van der Waals surface area contributed by atoms with E-state index in [9.17, 15) is 4.79 Å². The molecule has 0 saturated heterocycles. The Morgan fingerprint density at radius 3 is 2.41 bits per heavy atom. The molecule has 0 aliphatic carbocycles. The van der Waals surface area contributed by atoms with Gasteiger partial charge in [0, 0.05) is 11.3 Å². The van der Waals surface area contributed by atoms with Crippen LogP contribution in [-0.2, 0) is 10.5 Å². The molecule has 2 aliphatic rings. The summed E-state index contributed by atoms with van der Waals surface area (Å²) in [6, 6.07) is 25.7. The Balaban J connectivity index is 1.54. The molecule has 5 rings (SSSR count). The van der Waals surface area contributed by atoms with E-state index in [4.69, 9.17) is 4.99 Å². The molecule has 0 saturated carbocycles. The Morgan fingerprint density at radius 2 is 1.62 bits per heavy atom. The number of benzene rings is 3. The fourth-order valence-corrected chi connectivity index (χ4v) is 4.60. The summed E-state index contributed by atoms with van der Waals surface area (Å²) in [6.07, 6.45) is 0. The van der Waals surface area contributed by atoms with Crippen LogP contribution in [0.3, 0.4) is 0 Å². The van der Waals surface area contributed by atoms with Gasteiger partial charge in [-0.25, -0.2) is 4.99 Å². The van der Waals surface area contributed by atoms with Crippen molar-refractivity contribution >= 4 is 34.4 Å². The third kappa shape index (κ3) is 3.28. The van der Waals surface area contributed by atoms with Gasteiger partial charge in [0.15, 0.2) is 5.17 Å². The van der Waals surface area contributed by atoms with Crippen molar-refractivity contribution in [3.05, 3.63) is 101 Å². The average molecular weight is 398 g/mol. The van der Waals surface area contributed by atoms with E-state index in [0.29, 0.717) is 5.84 Å². The Hall–Kier alpha value is -3.18. The van der Waals surface area contributed by atoms with Crippen molar-refractivity contribution in [1.82, 2.24) is 4.90 Å². The van der Waals surface area contributed by atoms with E-state index in [1.807, 2.05) is 59.5 Å². The predicted octanol–water partition coefficient (Wildman–Crippen LogP) is 5.26. The number of amides is 1. The minimum absolute atomic E-state index is 0.147. The zero-order valence-corrected chi connectivity index (χ0v) is 16.8. The van der Waals surface area contributed by atoms with Gasteiger partial charge in [0.05, 0.1) is 5.69 Å². The van der Waals surface area contributed by atoms with Crippen LogP contribution in [-0.4, -0.2) is 21.8 Å². The number of aliphatic imine (C=N–C) groups is 2. The summed E-state index contributed by atoms with van der Waals surface area (Å²) in [5.74, 6) is 1.33. The molecule has 1 unspecified atom stereocenters. The summed E-state index contributed by atoms with van der Waals surface area (Å²) in [5, 5.41) is 0.808. The monoisotopic (exact) mass is 397 g/mol. The molecule has 0 radical (unpaired) electrons. The van der Waals surface area contributed by atoms with Gasteiger partial charge in [-0.15, -0.1) is 0 Å². The number of para-hydroxylation sites is 1. The van der Waals surface area contributed by atoms with Crippen LogP contribution in [0.2, 0.25) is 0 Å². The SMILES string of the molecule is Cc1ccc(CSC2=Nc3ccccc3C3=NC(=O)C(c4ccccc4)N23)cc1. The van der Waals surface area contributed by atoms with Crippen molar-refractivity contribution in [2.24, 2.45) is 9.98 Å². The van der Waals surface area contributed by atoms with Gasteiger partial charge >= 0.3 is 0 Å². The van der Waals surface area contributed by atoms with Gasteiger partial charge in [0.2, 0.25) is 0 Å². The molecule has 1 amide bonds. The summed E-state index contributed by atoms with van der Waals surface area (Å²) in [4.78, 5) is 24.3. The third-order valence-electron chi connectivity index (χ3n) is 5.11. The zero-order valence-electron chi connectivity index (χ0n) is 15.9. The van der Waals surface area contributed by atoms with Gasteiger partial charge in [-0.2, -0.15) is 4.99 Å². The highest BCUT2D eigenvalue weighted by molar-refractivity contribution is 8.13. The molecule has 0 aromatic heterocycles. The van der Waals surface area contributed by atoms with E-state index in [-0.39, 0.29) is 5.91 Å². The van der Waals surface area contributed by atoms with Crippen LogP contribution < -0.4 is 0 Å². The van der Waals surface area contributed by atoms with Gasteiger partial charge in [0.1, 0.15) is 11.9 Å². The first-order valence-corrected chi connectivity index (χ1v) is 10.5. The second kappa shape index (κ2) is 7.33. The van der Waals surface area contributed by atoms with Gasteiger partial charge in [-0.3, -0.25) is 9.69 Å². The first-order valence-electron chi connectivity index (χ1n) is 9.54. The summed E-state index contributed by atoms with van der Waals surface area (Å²) in [5.41, 5.74) is 5.16. The molecule has 3 aromatic carbocycles. The van der Waals surface area contributed by atoms with E-state index in [0.717, 1.165) is 27.7 Å². The van der Waals surface area contributed by atoms with Crippen molar-refractivity contribution in [2.45, 2.75) is 18.7 Å². The van der Waals surface area contributed by atoms with Crippen LogP contribution >= 0.6 is 11.8 Å². The Kier molecular flexibility index (Phi) is 4.52. The number of hydrogen-bond donors (Lipinski definition) is 0. The lowest BCUT2D eigenvalue weighted by atomic mass is 10.0. The van der Waals surface area contributed by atoms with Crippen molar-refractivity contribution < 1.29 is 4.79 Å². The van der Waals surface area contributed by atoms with Gasteiger partial charge < -0.3 is 0 Å². The Bertz CT molecular complexity index is 1140. The van der Waals surface area contributed by atoms with E-state index in [1.54, 1.807) is 11.8 Å². The number of aryl methyl sites for hydroxylation is 1. The maximum atomic E-state index is 12.9. The lowest BCUT2D eigenvalue weighted by Gasteiger charge is -2.31. The van der Waals surface area contributed by atoms with E-state index < -0.39 is 6.04 Å². The van der Waals surface area contributed by atoms with E-state index in [1.165, 1.54) is 11.1 Å². The average Bonchev–Trinajstić information content (AvgIpc) is 3.11. The maximum Gasteiger partial charge on any atom is 0.275 e. The van der Waals surface area contributed by atoms with Crippen LogP contribution in [0.15, 0.2) is 88.8 Å². The number of hydrogen-bond acceptors (Lipinski definition) is 4. The summed E-state index contributed by atoms with van der Waals surface area (Å²) in [6.45, 7) is 2.09. The largest absolute Gasteiger partial charge is 0.288 e. The van der Waals surface area contributed by atoms with Crippen molar-refractivity contribution in [2.75, 3.05) is 0 Å². The lowest BCUT2D eigenvalue weighted by molar-refractivity contribution is -0.119. The number of carbonyl (C=O) groups is 1. The Morgan fingerprint density at radius 1 is 0.897 bits per heavy atom. The quantitative estimate of drug-likeness (QED) is 0.606. The molecular formula is C24H19N3OS. The van der Waals surface area contributed by atoms with Crippen LogP contribution in [0.4, 0.5) is 5.69 Å². The minimum Gasteiger partial charge on any atom is -0.288 e. The molecule has 0 bridgehead atoms. The minimum atomic E-state index is -0.469. The molecule has 142 valence electrons. The molecule has 2 heterocycles. The van der Waals surface area contributed by atoms with Gasteiger partial charge in [-0.1, -0.05) is 84.1 Å². The molecule has 2 aliphatic heterocycles. The third-order valence-corrected chi connectivity index (χ3v) is 6.13. The zero-order chi connectivity index (χ0) is 19.8. The van der Waals surface area contributed by atoms with Crippen molar-refractivity contribution in [3.63, 3.8) is 0 Å². The van der Waals surface area contributed by atoms with E-state index >= 15 is 0 Å². The summed E-state index contributed by atoms with van der Waals surface area (Å²) in [7, 11) is 0. The smallest absolute Gasteiger partial charge is 0.275 e. The number of nitrogens with zero attached hydrogens (tertiary/aromatic N) is 3. The van der Waals surface area contributed by atoms with Crippen LogP contribution in [0, 0.1) is 6.92 Å². The van der Waals surface area contributed by atoms with E-state index in [2.05, 4.69) is 36.2 Å². The van der Waals surface area contributed by atoms with Gasteiger partial charge in [-0.05, 0) is 30.2 Å². The van der Waals surface area contributed by atoms with Crippen LogP contribution in [0.1, 0.15) is 28.3 Å². The van der Waals surface area contributed by atoms with Gasteiger partial charge in [0.25, 0.3) is 5.91 Å². The molecule has 1 atom stereocenters. The van der Waals surface area contributed by atoms with Crippen LogP contribution in [0.5, 0.6) is 0 Å². The maximum absolute atomic E-state index is 12.9. The number of fused-ring (bicyclic) bond motifs is 3. The second-order valence-corrected chi connectivity index (χ2v) is 8.09. The number of rotatable bonds is 3. The molecule has 5 heteroatoms. The second-order valence-electron chi connectivity index (χ2n) is 7.14. The van der Waals surface area contributed by atoms with Crippen molar-refractivity contribution in [3.8, 4) is 0 Å². The normalized spacial score (nSPS) is 17.5. The molecule has 4 nitrogen and oxygen atoms in total. The molecule has 29 heavy (non-hydrogen) atoms. The van der Waals surface area contributed by atoms with Crippen LogP contribution in [0.25, 0.3) is 0 Å². The highest BCUT2D eigenvalue weighted by atomic mass is 32.2.